The Labute approximate surface area is 111 Å². The highest BCUT2D eigenvalue weighted by atomic mass is 19.4. The van der Waals surface area contributed by atoms with Crippen LogP contribution >= 0.6 is 0 Å². The van der Waals surface area contributed by atoms with E-state index in [4.69, 9.17) is 4.74 Å². The van der Waals surface area contributed by atoms with Crippen LogP contribution in [0.15, 0.2) is 12.1 Å². The lowest BCUT2D eigenvalue weighted by Gasteiger charge is -2.17. The lowest BCUT2D eigenvalue weighted by atomic mass is 10.2. The number of nitro groups is 1. The standard InChI is InChI=1S/C11H12F4N2O3/c1-6(5-11(13,14)15)16-8-4-10(20-2)9(17(18)19)3-7(8)12/h3-4,6,16H,5H2,1-2H3. The summed E-state index contributed by atoms with van der Waals surface area (Å²) in [4.78, 5) is 9.80. The molecule has 5 nitrogen and oxygen atoms in total. The Balaban J connectivity index is 2.99. The van der Waals surface area contributed by atoms with E-state index in [0.29, 0.717) is 6.07 Å². The van der Waals surface area contributed by atoms with Gasteiger partial charge in [0.25, 0.3) is 0 Å². The summed E-state index contributed by atoms with van der Waals surface area (Å²) in [7, 11) is 1.14. The Morgan fingerprint density at radius 3 is 2.50 bits per heavy atom. The van der Waals surface area contributed by atoms with Gasteiger partial charge in [0.15, 0.2) is 11.6 Å². The van der Waals surface area contributed by atoms with Crippen LogP contribution in [0.3, 0.4) is 0 Å². The van der Waals surface area contributed by atoms with Crippen LogP contribution in [0.25, 0.3) is 0 Å². The largest absolute Gasteiger partial charge is 0.490 e. The lowest BCUT2D eigenvalue weighted by Crippen LogP contribution is -2.24. The number of anilines is 1. The van der Waals surface area contributed by atoms with Crippen molar-refractivity contribution in [1.82, 2.24) is 0 Å². The number of nitrogens with zero attached hydrogens (tertiary/aromatic N) is 1. The number of halogens is 4. The zero-order valence-electron chi connectivity index (χ0n) is 10.6. The van der Waals surface area contributed by atoms with Crippen LogP contribution in [0, 0.1) is 15.9 Å². The van der Waals surface area contributed by atoms with Gasteiger partial charge in [-0.25, -0.2) is 4.39 Å². The summed E-state index contributed by atoms with van der Waals surface area (Å²) in [6.07, 6.45) is -5.56. The molecule has 1 unspecified atom stereocenters. The molecule has 0 aliphatic carbocycles. The Bertz CT molecular complexity index is 505. The van der Waals surface area contributed by atoms with Gasteiger partial charge in [0.2, 0.25) is 0 Å². The van der Waals surface area contributed by atoms with Gasteiger partial charge in [-0.1, -0.05) is 0 Å². The number of nitrogens with one attached hydrogen (secondary N) is 1. The predicted molar refractivity (Wildman–Crippen MR) is 63.4 cm³/mol. The summed E-state index contributed by atoms with van der Waals surface area (Å²) in [6.45, 7) is 1.22. The molecule has 0 saturated carbocycles. The van der Waals surface area contributed by atoms with Gasteiger partial charge in [0.05, 0.1) is 30.2 Å². The minimum Gasteiger partial charge on any atom is -0.490 e. The zero-order chi connectivity index (χ0) is 15.5. The highest BCUT2D eigenvalue weighted by Crippen LogP contribution is 2.33. The van der Waals surface area contributed by atoms with Crippen LogP contribution in [-0.4, -0.2) is 24.3 Å². The minimum absolute atomic E-state index is 0.238. The molecule has 1 aromatic carbocycles. The summed E-state index contributed by atoms with van der Waals surface area (Å²) in [6, 6.07) is 0.470. The minimum atomic E-state index is -4.40. The lowest BCUT2D eigenvalue weighted by molar-refractivity contribution is -0.385. The fourth-order valence-electron chi connectivity index (χ4n) is 1.62. The molecule has 0 amide bonds. The fraction of sp³-hybridized carbons (Fsp3) is 0.455. The number of alkyl halides is 3. The molecule has 1 aromatic rings. The summed E-state index contributed by atoms with van der Waals surface area (Å²) >= 11 is 0. The van der Waals surface area contributed by atoms with Crippen molar-refractivity contribution in [2.24, 2.45) is 0 Å². The van der Waals surface area contributed by atoms with Gasteiger partial charge < -0.3 is 10.1 Å². The summed E-state index contributed by atoms with van der Waals surface area (Å²) in [5, 5.41) is 13.0. The molecular weight excluding hydrogens is 284 g/mol. The van der Waals surface area contributed by atoms with Crippen LogP contribution in [-0.2, 0) is 0 Å². The quantitative estimate of drug-likeness (QED) is 0.513. The van der Waals surface area contributed by atoms with Crippen LogP contribution in [0.1, 0.15) is 13.3 Å². The van der Waals surface area contributed by atoms with Crippen LogP contribution in [0.2, 0.25) is 0 Å². The molecule has 1 N–H and O–H groups in total. The smallest absolute Gasteiger partial charge is 0.391 e. The first-order chi connectivity index (χ1) is 9.14. The number of ether oxygens (including phenoxy) is 1. The number of methoxy groups -OCH3 is 1. The van der Waals surface area contributed by atoms with E-state index in [0.717, 1.165) is 13.2 Å². The van der Waals surface area contributed by atoms with E-state index >= 15 is 0 Å². The Kier molecular flexibility index (Phi) is 4.74. The average Bonchev–Trinajstić information content (AvgIpc) is 2.28. The normalized spacial score (nSPS) is 12.9. The van der Waals surface area contributed by atoms with Crippen LogP contribution in [0.4, 0.5) is 28.9 Å². The molecule has 9 heteroatoms. The second kappa shape index (κ2) is 5.93. The summed E-state index contributed by atoms with van der Waals surface area (Å²) < 4.78 is 54.9. The fourth-order valence-corrected chi connectivity index (χ4v) is 1.62. The van der Waals surface area contributed by atoms with Crippen LogP contribution < -0.4 is 10.1 Å². The van der Waals surface area contributed by atoms with E-state index in [2.05, 4.69) is 5.32 Å². The number of nitro benzene ring substituents is 1. The topological polar surface area (TPSA) is 64.4 Å². The molecule has 112 valence electrons. The van der Waals surface area contributed by atoms with E-state index < -0.39 is 35.1 Å². The highest BCUT2D eigenvalue weighted by molar-refractivity contribution is 5.59. The van der Waals surface area contributed by atoms with Gasteiger partial charge in [0, 0.05) is 12.1 Å². The molecule has 20 heavy (non-hydrogen) atoms. The molecule has 0 spiro atoms. The maximum Gasteiger partial charge on any atom is 0.391 e. The van der Waals surface area contributed by atoms with E-state index in [1.54, 1.807) is 0 Å². The third-order valence-corrected chi connectivity index (χ3v) is 2.40. The van der Waals surface area contributed by atoms with Crippen molar-refractivity contribution < 1.29 is 27.2 Å². The van der Waals surface area contributed by atoms with Crippen molar-refractivity contribution in [3.05, 3.63) is 28.1 Å². The maximum atomic E-state index is 13.6. The van der Waals surface area contributed by atoms with Gasteiger partial charge in [-0.2, -0.15) is 13.2 Å². The molecule has 0 saturated heterocycles. The average molecular weight is 296 g/mol. The molecule has 0 radical (unpaired) electrons. The molecule has 0 bridgehead atoms. The van der Waals surface area contributed by atoms with Gasteiger partial charge in [-0.05, 0) is 6.92 Å². The maximum absolute atomic E-state index is 13.6. The van der Waals surface area contributed by atoms with Crippen molar-refractivity contribution in [2.75, 3.05) is 12.4 Å². The summed E-state index contributed by atoms with van der Waals surface area (Å²) in [5.41, 5.74) is -0.886. The molecular formula is C11H12F4N2O3. The Morgan fingerprint density at radius 2 is 2.05 bits per heavy atom. The summed E-state index contributed by atoms with van der Waals surface area (Å²) in [5.74, 6) is -1.26. The first-order valence-electron chi connectivity index (χ1n) is 5.49. The van der Waals surface area contributed by atoms with Crippen molar-refractivity contribution in [1.29, 1.82) is 0 Å². The van der Waals surface area contributed by atoms with E-state index in [9.17, 15) is 27.7 Å². The van der Waals surface area contributed by atoms with Crippen molar-refractivity contribution in [2.45, 2.75) is 25.6 Å². The van der Waals surface area contributed by atoms with E-state index in [-0.39, 0.29) is 11.4 Å². The first kappa shape index (κ1) is 16.0. The third-order valence-electron chi connectivity index (χ3n) is 2.40. The monoisotopic (exact) mass is 296 g/mol. The second-order valence-corrected chi connectivity index (χ2v) is 4.13. The number of rotatable bonds is 5. The Morgan fingerprint density at radius 1 is 1.45 bits per heavy atom. The Hall–Kier alpha value is -2.06. The third kappa shape index (κ3) is 4.25. The van der Waals surface area contributed by atoms with Crippen molar-refractivity contribution >= 4 is 11.4 Å². The zero-order valence-corrected chi connectivity index (χ0v) is 10.6. The van der Waals surface area contributed by atoms with Crippen molar-refractivity contribution in [3.63, 3.8) is 0 Å². The molecule has 0 aliphatic heterocycles. The molecule has 1 atom stereocenters. The van der Waals surface area contributed by atoms with Gasteiger partial charge in [0.1, 0.15) is 0 Å². The van der Waals surface area contributed by atoms with Gasteiger partial charge >= 0.3 is 11.9 Å². The van der Waals surface area contributed by atoms with Crippen molar-refractivity contribution in [3.8, 4) is 5.75 Å². The second-order valence-electron chi connectivity index (χ2n) is 4.13. The van der Waals surface area contributed by atoms with Gasteiger partial charge in [-0.15, -0.1) is 0 Å². The molecule has 1 rings (SSSR count). The number of hydrogen-bond acceptors (Lipinski definition) is 4. The van der Waals surface area contributed by atoms with E-state index in [1.165, 1.54) is 6.92 Å². The molecule has 0 heterocycles. The predicted octanol–water partition coefficient (Wildman–Crippen LogP) is 3.50. The number of benzene rings is 1. The molecule has 0 aromatic heterocycles. The van der Waals surface area contributed by atoms with E-state index in [1.807, 2.05) is 0 Å². The highest BCUT2D eigenvalue weighted by Gasteiger charge is 2.30. The van der Waals surface area contributed by atoms with Gasteiger partial charge in [-0.3, -0.25) is 10.1 Å². The molecule has 0 aliphatic rings. The molecule has 0 fully saturated rings. The number of hydrogen-bond donors (Lipinski definition) is 1. The SMILES string of the molecule is COc1cc(NC(C)CC(F)(F)F)c(F)cc1[N+](=O)[O-]. The first-order valence-corrected chi connectivity index (χ1v) is 5.49. The van der Waals surface area contributed by atoms with Crippen LogP contribution in [0.5, 0.6) is 5.75 Å².